The number of nitrogens with zero attached hydrogens (tertiary/aromatic N) is 3. The van der Waals surface area contributed by atoms with E-state index in [0.29, 0.717) is 11.8 Å². The Kier molecular flexibility index (Phi) is 14.6. The summed E-state index contributed by atoms with van der Waals surface area (Å²) in [5, 5.41) is 4.85. The van der Waals surface area contributed by atoms with E-state index in [2.05, 4.69) is 236 Å². The topological polar surface area (TPSA) is 43.9 Å². The maximum Gasteiger partial charge on any atom is 0.0798 e. The molecule has 351 valence electrons. The molecular weight excluding hydrogens is 1040 g/mol. The number of pyridine rings is 1. The smallest absolute Gasteiger partial charge is 0.0798 e. The van der Waals surface area contributed by atoms with Crippen LogP contribution in [0.25, 0.3) is 83.4 Å². The molecule has 10 aromatic rings. The van der Waals surface area contributed by atoms with Crippen molar-refractivity contribution in [3.63, 3.8) is 0 Å². The summed E-state index contributed by atoms with van der Waals surface area (Å²) in [6.07, 6.45) is 7.61. The molecule has 0 amide bonds. The zero-order valence-electron chi connectivity index (χ0n) is 41.7. The molecule has 0 N–H and O–H groups in total. The number of furan rings is 1. The molecule has 3 aromatic heterocycles. The summed E-state index contributed by atoms with van der Waals surface area (Å²) >= 11 is 0. The van der Waals surface area contributed by atoms with Crippen molar-refractivity contribution < 1.29 is 24.5 Å². The number of imidazole rings is 1. The molecule has 0 bridgehead atoms. The van der Waals surface area contributed by atoms with Crippen molar-refractivity contribution >= 4 is 46.0 Å². The Morgan fingerprint density at radius 2 is 1.30 bits per heavy atom. The van der Waals surface area contributed by atoms with Crippen LogP contribution >= 0.6 is 0 Å². The number of rotatable bonds is 10. The summed E-state index contributed by atoms with van der Waals surface area (Å²) in [5.41, 5.74) is 15.5. The van der Waals surface area contributed by atoms with Gasteiger partial charge in [0, 0.05) is 49.3 Å². The predicted octanol–water partition coefficient (Wildman–Crippen LogP) is 16.5. The number of fused-ring (bicyclic) bond motifs is 3. The summed E-state index contributed by atoms with van der Waals surface area (Å²) < 4.78 is 8.57. The van der Waals surface area contributed by atoms with Gasteiger partial charge in [0.1, 0.15) is 0 Å². The van der Waals surface area contributed by atoms with E-state index < -0.39 is 8.07 Å². The third kappa shape index (κ3) is 10.7. The van der Waals surface area contributed by atoms with Crippen LogP contribution in [0.5, 0.6) is 0 Å². The van der Waals surface area contributed by atoms with Gasteiger partial charge in [0.15, 0.2) is 0 Å². The SMILES string of the molecule is CC(C)Cc1cc(-c2[c-]cccc2)ncc1[Si](C)(C)C.CC(C)Cc1ccc2cc3c(-c4nc5ccccc5n4-c4c(-c5ccccc5)cc(C(C)(C)C)cc4-c4ccccc4)[c-]oc3cc2c1.[Ir]. The van der Waals surface area contributed by atoms with Gasteiger partial charge in [0.2, 0.25) is 0 Å². The Labute approximate surface area is 424 Å². The molecule has 4 nitrogen and oxygen atoms in total. The quantitative estimate of drug-likeness (QED) is 0.101. The Hall–Kier alpha value is -6.17. The number of hydrogen-bond acceptors (Lipinski definition) is 3. The fraction of sp³-hybridized carbons (Fsp3) is 0.238. The van der Waals surface area contributed by atoms with E-state index in [-0.39, 0.29) is 25.5 Å². The van der Waals surface area contributed by atoms with Crippen LogP contribution in [0.4, 0.5) is 0 Å². The summed E-state index contributed by atoms with van der Waals surface area (Å²) in [5.74, 6) is 2.07. The van der Waals surface area contributed by atoms with Gasteiger partial charge in [0.05, 0.1) is 30.6 Å². The second kappa shape index (κ2) is 20.4. The molecule has 0 atom stereocenters. The Morgan fingerprint density at radius 3 is 1.91 bits per heavy atom. The van der Waals surface area contributed by atoms with Crippen molar-refractivity contribution in [3.05, 3.63) is 193 Å². The van der Waals surface area contributed by atoms with Gasteiger partial charge in [-0.05, 0) is 98.3 Å². The first kappa shape index (κ1) is 49.3. The fourth-order valence-corrected chi connectivity index (χ4v) is 11.0. The molecule has 6 heteroatoms. The van der Waals surface area contributed by atoms with E-state index in [1.807, 2.05) is 18.2 Å². The molecule has 0 aliphatic rings. The maximum atomic E-state index is 6.23. The number of para-hydroxylation sites is 2. The molecule has 7 aromatic carbocycles. The van der Waals surface area contributed by atoms with Crippen molar-refractivity contribution in [2.24, 2.45) is 11.8 Å². The molecule has 1 radical (unpaired) electrons. The number of aromatic nitrogens is 3. The van der Waals surface area contributed by atoms with E-state index in [1.165, 1.54) is 32.6 Å². The van der Waals surface area contributed by atoms with Crippen molar-refractivity contribution in [2.45, 2.75) is 86.4 Å². The Morgan fingerprint density at radius 1 is 0.667 bits per heavy atom. The van der Waals surface area contributed by atoms with E-state index >= 15 is 0 Å². The standard InChI is InChI=1S/C45H39N2O.C18H24NSi.Ir/c1-29(2)22-30-20-21-33-24-38-39(28-48-42(38)25-34(33)23-30)44-46-40-18-12-13-19-41(40)47(44)43-36(31-14-8-6-9-15-31)26-35(45(3,4)5)27-37(43)32-16-10-7-11-17-32;1-14(2)11-16-12-17(15-9-7-6-8-10-15)19-13-18(16)20(3,4)5;/h6-21,23-27,29H,22H2,1-5H3;6-9,12-14H,11H2,1-5H3;/q2*-1;. The maximum absolute atomic E-state index is 6.23. The van der Waals surface area contributed by atoms with Crippen molar-refractivity contribution in [3.8, 4) is 50.6 Å². The molecule has 0 aliphatic carbocycles. The van der Waals surface area contributed by atoms with Gasteiger partial charge in [-0.15, -0.1) is 35.9 Å². The summed E-state index contributed by atoms with van der Waals surface area (Å²) in [6, 6.07) is 59.4. The Bertz CT molecular complexity index is 3300. The van der Waals surface area contributed by atoms with Crippen LogP contribution in [-0.4, -0.2) is 22.6 Å². The molecule has 69 heavy (non-hydrogen) atoms. The van der Waals surface area contributed by atoms with Crippen LogP contribution < -0.4 is 5.19 Å². The predicted molar refractivity (Wildman–Crippen MR) is 291 cm³/mol. The first-order valence-electron chi connectivity index (χ1n) is 24.2. The second-order valence-corrected chi connectivity index (χ2v) is 26.3. The molecule has 3 heterocycles. The van der Waals surface area contributed by atoms with Gasteiger partial charge in [-0.2, -0.15) is 0 Å². The zero-order chi connectivity index (χ0) is 47.7. The molecule has 0 aliphatic heterocycles. The average molecular weight is 1100 g/mol. The summed E-state index contributed by atoms with van der Waals surface area (Å²) in [6.45, 7) is 23.1. The van der Waals surface area contributed by atoms with Crippen molar-refractivity contribution in [1.82, 2.24) is 14.5 Å². The molecule has 0 fully saturated rings. The first-order chi connectivity index (χ1) is 32.6. The minimum absolute atomic E-state index is 0. The zero-order valence-corrected chi connectivity index (χ0v) is 45.1. The van der Waals surface area contributed by atoms with E-state index in [4.69, 9.17) is 9.40 Å². The number of hydrogen-bond donors (Lipinski definition) is 0. The van der Waals surface area contributed by atoms with Crippen LogP contribution in [0.1, 0.15) is 65.2 Å². The monoisotopic (exact) mass is 1100 g/mol. The summed E-state index contributed by atoms with van der Waals surface area (Å²) in [4.78, 5) is 10.0. The molecule has 0 saturated heterocycles. The first-order valence-corrected chi connectivity index (χ1v) is 27.7. The van der Waals surface area contributed by atoms with Crippen LogP contribution in [0, 0.1) is 24.2 Å². The largest absolute Gasteiger partial charge is 0.557 e. The fourth-order valence-electron chi connectivity index (χ4n) is 9.42. The van der Waals surface area contributed by atoms with Crippen LogP contribution in [0.15, 0.2) is 168 Å². The van der Waals surface area contributed by atoms with Gasteiger partial charge in [-0.1, -0.05) is 194 Å². The van der Waals surface area contributed by atoms with Crippen molar-refractivity contribution in [2.75, 3.05) is 0 Å². The van der Waals surface area contributed by atoms with Gasteiger partial charge in [0.25, 0.3) is 0 Å². The molecular formula is C63H63IrN3OSi-2. The van der Waals surface area contributed by atoms with E-state index in [9.17, 15) is 0 Å². The second-order valence-electron chi connectivity index (χ2n) is 21.2. The van der Waals surface area contributed by atoms with Crippen LogP contribution in [0.3, 0.4) is 0 Å². The van der Waals surface area contributed by atoms with Gasteiger partial charge >= 0.3 is 0 Å². The summed E-state index contributed by atoms with van der Waals surface area (Å²) in [7, 11) is -1.34. The van der Waals surface area contributed by atoms with Gasteiger partial charge in [-0.3, -0.25) is 4.98 Å². The van der Waals surface area contributed by atoms with E-state index in [1.54, 1.807) is 0 Å². The minimum Gasteiger partial charge on any atom is -0.557 e. The molecule has 0 spiro atoms. The van der Waals surface area contributed by atoms with Gasteiger partial charge < -0.3 is 14.0 Å². The number of benzene rings is 7. The van der Waals surface area contributed by atoms with Crippen molar-refractivity contribution in [1.29, 1.82) is 0 Å². The third-order valence-corrected chi connectivity index (χ3v) is 14.8. The average Bonchev–Trinajstić information content (AvgIpc) is 3.91. The van der Waals surface area contributed by atoms with E-state index in [0.717, 1.165) is 85.4 Å². The normalized spacial score (nSPS) is 11.9. The minimum atomic E-state index is -1.34. The molecule has 0 unspecified atom stereocenters. The third-order valence-electron chi connectivity index (χ3n) is 12.7. The van der Waals surface area contributed by atoms with Gasteiger partial charge in [-0.25, -0.2) is 0 Å². The Balaban J connectivity index is 0.000000257. The van der Waals surface area contributed by atoms with Crippen LogP contribution in [0.2, 0.25) is 19.6 Å². The molecule has 0 saturated carbocycles. The van der Waals surface area contributed by atoms with Crippen LogP contribution in [-0.2, 0) is 38.4 Å². The molecule has 10 rings (SSSR count).